The van der Waals surface area contributed by atoms with Crippen LogP contribution in [-0.2, 0) is 0 Å². The average Bonchev–Trinajstić information content (AvgIpc) is 2.91. The number of hydrogen-bond acceptors (Lipinski definition) is 3. The van der Waals surface area contributed by atoms with Crippen LogP contribution in [0, 0.1) is 13.8 Å². The van der Waals surface area contributed by atoms with Gasteiger partial charge in [-0.2, -0.15) is 0 Å². The van der Waals surface area contributed by atoms with Crippen molar-refractivity contribution >= 4 is 11.6 Å². The molecule has 0 unspecified atom stereocenters. The van der Waals surface area contributed by atoms with E-state index >= 15 is 0 Å². The van der Waals surface area contributed by atoms with Crippen LogP contribution in [0.3, 0.4) is 0 Å². The highest BCUT2D eigenvalue weighted by molar-refractivity contribution is 5.87. The van der Waals surface area contributed by atoms with Gasteiger partial charge >= 0.3 is 5.97 Å². The van der Waals surface area contributed by atoms with Crippen LogP contribution in [0.5, 0.6) is 5.75 Å². The van der Waals surface area contributed by atoms with Gasteiger partial charge in [0.1, 0.15) is 11.4 Å². The number of carboxylic acids is 1. The van der Waals surface area contributed by atoms with Gasteiger partial charge in [-0.25, -0.2) is 9.78 Å². The fourth-order valence-corrected chi connectivity index (χ4v) is 2.53. The lowest BCUT2D eigenvalue weighted by Crippen LogP contribution is -1.97. The lowest BCUT2D eigenvalue weighted by molar-refractivity contribution is 0.0696. The number of hydrogen-bond donors (Lipinski definition) is 1. The van der Waals surface area contributed by atoms with E-state index < -0.39 is 5.97 Å². The zero-order valence-electron chi connectivity index (χ0n) is 12.6. The van der Waals surface area contributed by atoms with Gasteiger partial charge < -0.3 is 14.2 Å². The van der Waals surface area contributed by atoms with Crippen LogP contribution < -0.4 is 4.74 Å². The van der Waals surface area contributed by atoms with E-state index in [-0.39, 0.29) is 5.56 Å². The number of rotatable bonds is 3. The minimum Gasteiger partial charge on any atom is -0.496 e. The van der Waals surface area contributed by atoms with Crippen molar-refractivity contribution in [2.75, 3.05) is 7.11 Å². The Kier molecular flexibility index (Phi) is 3.33. The van der Waals surface area contributed by atoms with Gasteiger partial charge in [-0.3, -0.25) is 0 Å². The molecule has 0 saturated carbocycles. The SMILES string of the molecule is COc1cc(C)c(-c2cn3cc(C(=O)O)ccc3n2)cc1C. The summed E-state index contributed by atoms with van der Waals surface area (Å²) in [5.74, 6) is -0.105. The first-order chi connectivity index (χ1) is 10.5. The molecule has 0 fully saturated rings. The number of imidazole rings is 1. The second-order valence-electron chi connectivity index (χ2n) is 5.25. The molecule has 3 rings (SSSR count). The number of aromatic nitrogens is 2. The van der Waals surface area contributed by atoms with E-state index in [1.165, 1.54) is 0 Å². The van der Waals surface area contributed by atoms with Gasteiger partial charge in [0.25, 0.3) is 0 Å². The molecule has 0 radical (unpaired) electrons. The number of nitrogens with zero attached hydrogens (tertiary/aromatic N) is 2. The smallest absolute Gasteiger partial charge is 0.337 e. The lowest BCUT2D eigenvalue weighted by atomic mass is 10.0. The largest absolute Gasteiger partial charge is 0.496 e. The standard InChI is InChI=1S/C17H16N2O3/c1-10-7-15(22-3)11(2)6-13(10)14-9-19-8-12(17(20)21)4-5-16(19)18-14/h4-9H,1-3H3,(H,20,21). The van der Waals surface area contributed by atoms with E-state index in [1.54, 1.807) is 29.8 Å². The van der Waals surface area contributed by atoms with E-state index in [4.69, 9.17) is 9.84 Å². The Morgan fingerprint density at radius 3 is 2.64 bits per heavy atom. The second-order valence-corrected chi connectivity index (χ2v) is 5.25. The monoisotopic (exact) mass is 296 g/mol. The van der Waals surface area contributed by atoms with E-state index in [9.17, 15) is 4.79 Å². The summed E-state index contributed by atoms with van der Waals surface area (Å²) < 4.78 is 7.06. The number of aromatic carboxylic acids is 1. The molecule has 1 aromatic carbocycles. The Bertz CT molecular complexity index is 881. The van der Waals surface area contributed by atoms with Crippen LogP contribution >= 0.6 is 0 Å². The van der Waals surface area contributed by atoms with Crippen molar-refractivity contribution in [2.45, 2.75) is 13.8 Å². The Morgan fingerprint density at radius 1 is 1.18 bits per heavy atom. The first-order valence-electron chi connectivity index (χ1n) is 6.87. The van der Waals surface area contributed by atoms with Crippen LogP contribution in [0.15, 0.2) is 36.7 Å². The molecule has 0 saturated heterocycles. The number of carboxylic acid groups (broad SMARTS) is 1. The summed E-state index contributed by atoms with van der Waals surface area (Å²) in [6.45, 7) is 3.99. The van der Waals surface area contributed by atoms with Crippen molar-refractivity contribution in [1.82, 2.24) is 9.38 Å². The maximum absolute atomic E-state index is 11.0. The fraction of sp³-hybridized carbons (Fsp3) is 0.176. The van der Waals surface area contributed by atoms with Gasteiger partial charge in [-0.05, 0) is 49.2 Å². The summed E-state index contributed by atoms with van der Waals surface area (Å²) in [4.78, 5) is 15.6. The maximum atomic E-state index is 11.0. The molecule has 0 aliphatic rings. The number of aryl methyl sites for hydroxylation is 2. The summed E-state index contributed by atoms with van der Waals surface area (Å²) in [6, 6.07) is 7.28. The number of ether oxygens (including phenoxy) is 1. The van der Waals surface area contributed by atoms with Crippen LogP contribution in [0.25, 0.3) is 16.9 Å². The highest BCUT2D eigenvalue weighted by Crippen LogP contribution is 2.29. The number of carbonyl (C=O) groups is 1. The zero-order chi connectivity index (χ0) is 15.9. The third-order valence-corrected chi connectivity index (χ3v) is 3.72. The summed E-state index contributed by atoms with van der Waals surface area (Å²) in [5.41, 5.74) is 4.87. The average molecular weight is 296 g/mol. The van der Waals surface area contributed by atoms with Crippen LogP contribution in [0.4, 0.5) is 0 Å². The Hall–Kier alpha value is -2.82. The predicted octanol–water partition coefficient (Wildman–Crippen LogP) is 3.32. The number of methoxy groups -OCH3 is 1. The minimum absolute atomic E-state index is 0.235. The van der Waals surface area contributed by atoms with Gasteiger partial charge in [-0.15, -0.1) is 0 Å². The van der Waals surface area contributed by atoms with Gasteiger partial charge in [-0.1, -0.05) is 0 Å². The predicted molar refractivity (Wildman–Crippen MR) is 83.6 cm³/mol. The van der Waals surface area contributed by atoms with Crippen LogP contribution in [0.1, 0.15) is 21.5 Å². The highest BCUT2D eigenvalue weighted by atomic mass is 16.5. The quantitative estimate of drug-likeness (QED) is 0.805. The van der Waals surface area contributed by atoms with Gasteiger partial charge in [0.05, 0.1) is 18.4 Å². The summed E-state index contributed by atoms with van der Waals surface area (Å²) in [6.07, 6.45) is 3.41. The van der Waals surface area contributed by atoms with Crippen molar-refractivity contribution in [2.24, 2.45) is 0 Å². The molecule has 5 heteroatoms. The first-order valence-corrected chi connectivity index (χ1v) is 6.87. The van der Waals surface area contributed by atoms with Crippen molar-refractivity contribution in [3.8, 4) is 17.0 Å². The molecule has 1 N–H and O–H groups in total. The van der Waals surface area contributed by atoms with Crippen molar-refractivity contribution in [3.63, 3.8) is 0 Å². The molecule has 0 aliphatic heterocycles. The third kappa shape index (κ3) is 2.30. The van der Waals surface area contributed by atoms with Crippen molar-refractivity contribution in [1.29, 1.82) is 0 Å². The van der Waals surface area contributed by atoms with E-state index in [0.29, 0.717) is 5.65 Å². The second kappa shape index (κ2) is 5.18. The molecule has 2 aromatic heterocycles. The Morgan fingerprint density at radius 2 is 1.95 bits per heavy atom. The third-order valence-electron chi connectivity index (χ3n) is 3.72. The van der Waals surface area contributed by atoms with Crippen molar-refractivity contribution < 1.29 is 14.6 Å². The summed E-state index contributed by atoms with van der Waals surface area (Å²) in [7, 11) is 1.65. The molecule has 5 nitrogen and oxygen atoms in total. The van der Waals surface area contributed by atoms with Crippen LogP contribution in [0.2, 0.25) is 0 Å². The van der Waals surface area contributed by atoms with Crippen LogP contribution in [-0.4, -0.2) is 27.6 Å². The molecule has 3 aromatic rings. The molecule has 112 valence electrons. The topological polar surface area (TPSA) is 63.8 Å². The molecule has 0 atom stereocenters. The first kappa shape index (κ1) is 14.1. The molecular formula is C17H16N2O3. The Balaban J connectivity index is 2.14. The normalized spacial score (nSPS) is 10.9. The van der Waals surface area contributed by atoms with E-state index in [1.807, 2.05) is 32.2 Å². The highest BCUT2D eigenvalue weighted by Gasteiger charge is 2.11. The fourth-order valence-electron chi connectivity index (χ4n) is 2.53. The number of pyridine rings is 1. The molecular weight excluding hydrogens is 280 g/mol. The molecule has 2 heterocycles. The molecule has 0 bridgehead atoms. The molecule has 0 spiro atoms. The summed E-state index contributed by atoms with van der Waals surface area (Å²) in [5, 5.41) is 9.06. The number of fused-ring (bicyclic) bond motifs is 1. The Labute approximate surface area is 127 Å². The molecule has 0 aliphatic carbocycles. The van der Waals surface area contributed by atoms with E-state index in [0.717, 1.165) is 28.1 Å². The van der Waals surface area contributed by atoms with Gasteiger partial charge in [0.2, 0.25) is 0 Å². The van der Waals surface area contributed by atoms with Gasteiger partial charge in [0.15, 0.2) is 0 Å². The lowest BCUT2D eigenvalue weighted by Gasteiger charge is -2.09. The zero-order valence-corrected chi connectivity index (χ0v) is 12.6. The summed E-state index contributed by atoms with van der Waals surface area (Å²) >= 11 is 0. The molecule has 0 amide bonds. The number of benzene rings is 1. The maximum Gasteiger partial charge on any atom is 0.337 e. The van der Waals surface area contributed by atoms with Crippen molar-refractivity contribution in [3.05, 3.63) is 53.3 Å². The van der Waals surface area contributed by atoms with Gasteiger partial charge in [0, 0.05) is 18.0 Å². The minimum atomic E-state index is -0.950. The van der Waals surface area contributed by atoms with E-state index in [2.05, 4.69) is 4.98 Å². The molecule has 22 heavy (non-hydrogen) atoms.